The number of ether oxygens (including phenoxy) is 2. The first-order chi connectivity index (χ1) is 16.3. The van der Waals surface area contributed by atoms with E-state index in [1.54, 1.807) is 0 Å². The fourth-order valence-electron chi connectivity index (χ4n) is 3.63. The van der Waals surface area contributed by atoms with E-state index in [-0.39, 0.29) is 5.41 Å². The maximum atomic E-state index is 6.01. The van der Waals surface area contributed by atoms with Crippen molar-refractivity contribution in [2.24, 2.45) is 0 Å². The van der Waals surface area contributed by atoms with E-state index in [0.717, 1.165) is 37.6 Å². The molecule has 0 N–H and O–H groups in total. The van der Waals surface area contributed by atoms with Crippen LogP contribution >= 0.6 is 0 Å². The summed E-state index contributed by atoms with van der Waals surface area (Å²) in [7, 11) is 0. The Morgan fingerprint density at radius 1 is 0.647 bits per heavy atom. The van der Waals surface area contributed by atoms with Crippen molar-refractivity contribution in [1.82, 2.24) is 0 Å². The van der Waals surface area contributed by atoms with Crippen molar-refractivity contribution < 1.29 is 9.47 Å². The van der Waals surface area contributed by atoms with Crippen LogP contribution in [0, 0.1) is 13.8 Å². The van der Waals surface area contributed by atoms with Crippen LogP contribution < -0.4 is 9.47 Å². The Balaban J connectivity index is 0.00000258. The zero-order valence-electron chi connectivity index (χ0n) is 24.1. The van der Waals surface area contributed by atoms with Crippen LogP contribution in [-0.2, 0) is 11.8 Å². The van der Waals surface area contributed by atoms with Gasteiger partial charge in [0.1, 0.15) is 11.5 Å². The molecular formula is C32H54O2. The van der Waals surface area contributed by atoms with Gasteiger partial charge in [0.15, 0.2) is 0 Å². The minimum atomic E-state index is 0.173. The number of unbranched alkanes of at least 4 members (excludes halogenated alkanes) is 4. The lowest BCUT2D eigenvalue weighted by Crippen LogP contribution is -2.11. The van der Waals surface area contributed by atoms with Gasteiger partial charge in [-0.3, -0.25) is 0 Å². The summed E-state index contributed by atoms with van der Waals surface area (Å²) in [5, 5.41) is 0. The summed E-state index contributed by atoms with van der Waals surface area (Å²) >= 11 is 0. The van der Waals surface area contributed by atoms with E-state index in [1.165, 1.54) is 54.4 Å². The summed E-state index contributed by atoms with van der Waals surface area (Å²) in [5.41, 5.74) is 5.41. The molecule has 0 saturated carbocycles. The topological polar surface area (TPSA) is 18.5 Å². The van der Waals surface area contributed by atoms with E-state index in [9.17, 15) is 0 Å². The highest BCUT2D eigenvalue weighted by Crippen LogP contribution is 2.27. The molecule has 0 aliphatic carbocycles. The van der Waals surface area contributed by atoms with Crippen molar-refractivity contribution in [3.63, 3.8) is 0 Å². The third-order valence-corrected chi connectivity index (χ3v) is 5.65. The Labute approximate surface area is 212 Å². The molecule has 0 amide bonds. The summed E-state index contributed by atoms with van der Waals surface area (Å²) < 4.78 is 12.0. The molecular weight excluding hydrogens is 416 g/mol. The summed E-state index contributed by atoms with van der Waals surface area (Å²) in [6.45, 7) is 22.7. The second kappa shape index (κ2) is 18.4. The average Bonchev–Trinajstić information content (AvgIpc) is 2.83. The molecule has 34 heavy (non-hydrogen) atoms. The highest BCUT2D eigenvalue weighted by atomic mass is 16.5. The quantitative estimate of drug-likeness (QED) is 0.287. The largest absolute Gasteiger partial charge is 0.493 e. The van der Waals surface area contributed by atoms with Gasteiger partial charge in [0.05, 0.1) is 13.2 Å². The second-order valence-electron chi connectivity index (χ2n) is 9.54. The van der Waals surface area contributed by atoms with Gasteiger partial charge < -0.3 is 9.47 Å². The van der Waals surface area contributed by atoms with Crippen LogP contribution in [0.15, 0.2) is 36.4 Å². The Morgan fingerprint density at radius 3 is 1.65 bits per heavy atom. The molecule has 2 rings (SSSR count). The van der Waals surface area contributed by atoms with E-state index in [4.69, 9.17) is 9.47 Å². The van der Waals surface area contributed by atoms with Gasteiger partial charge in [0.25, 0.3) is 0 Å². The molecule has 2 heteroatoms. The van der Waals surface area contributed by atoms with Crippen LogP contribution in [0.5, 0.6) is 11.5 Å². The zero-order valence-corrected chi connectivity index (χ0v) is 24.1. The van der Waals surface area contributed by atoms with Crippen molar-refractivity contribution >= 4 is 0 Å². The molecule has 0 spiro atoms. The first-order valence-electron chi connectivity index (χ1n) is 13.8. The molecule has 0 aromatic heterocycles. The highest BCUT2D eigenvalue weighted by Gasteiger charge is 2.14. The molecule has 0 unspecified atom stereocenters. The molecule has 194 valence electrons. The minimum Gasteiger partial charge on any atom is -0.493 e. The molecule has 2 aromatic rings. The number of rotatable bonds is 12. The number of aryl methyl sites for hydroxylation is 3. The number of benzene rings is 2. The van der Waals surface area contributed by atoms with Crippen molar-refractivity contribution in [2.45, 2.75) is 120 Å². The molecule has 2 nitrogen and oxygen atoms in total. The lowest BCUT2D eigenvalue weighted by Gasteiger charge is -2.20. The van der Waals surface area contributed by atoms with Crippen LogP contribution in [0.3, 0.4) is 0 Å². The van der Waals surface area contributed by atoms with E-state index in [0.29, 0.717) is 0 Å². The van der Waals surface area contributed by atoms with Crippen LogP contribution in [0.2, 0.25) is 0 Å². The predicted octanol–water partition coefficient (Wildman–Crippen LogP) is 10.0. The normalized spacial score (nSPS) is 10.5. The molecule has 0 aliphatic rings. The zero-order chi connectivity index (χ0) is 26.0. The molecule has 0 radical (unpaired) electrons. The summed E-state index contributed by atoms with van der Waals surface area (Å²) in [4.78, 5) is 0. The molecule has 0 atom stereocenters. The van der Waals surface area contributed by atoms with Crippen LogP contribution in [0.25, 0.3) is 0 Å². The molecule has 0 bridgehead atoms. The Hall–Kier alpha value is -1.96. The van der Waals surface area contributed by atoms with Gasteiger partial charge in [-0.2, -0.15) is 0 Å². The fraction of sp³-hybridized carbons (Fsp3) is 0.625. The van der Waals surface area contributed by atoms with Crippen LogP contribution in [-0.4, -0.2) is 13.2 Å². The molecule has 0 heterocycles. The van der Waals surface area contributed by atoms with E-state index < -0.39 is 0 Å². The van der Waals surface area contributed by atoms with E-state index in [1.807, 2.05) is 27.7 Å². The standard InChI is InChI=1S/C28H42O2.2C2H6/c1-7-8-9-10-13-24-14-16-26(22(2)20-24)29-18-11-12-19-30-27-17-15-25(21-23(27)3)28(4,5)6;2*1-2/h14-17,20-21H,7-13,18-19H2,1-6H3;2*1-2H3. The molecule has 0 fully saturated rings. The Kier molecular flexibility index (Phi) is 17.3. The van der Waals surface area contributed by atoms with E-state index >= 15 is 0 Å². The molecule has 0 saturated heterocycles. The summed E-state index contributed by atoms with van der Waals surface area (Å²) in [5.74, 6) is 2.01. The van der Waals surface area contributed by atoms with Gasteiger partial charge in [-0.05, 0) is 79.3 Å². The third-order valence-electron chi connectivity index (χ3n) is 5.65. The third kappa shape index (κ3) is 12.5. The van der Waals surface area contributed by atoms with Crippen molar-refractivity contribution in [3.8, 4) is 11.5 Å². The molecule has 2 aromatic carbocycles. The number of hydrogen-bond acceptors (Lipinski definition) is 2. The van der Waals surface area contributed by atoms with Gasteiger partial charge >= 0.3 is 0 Å². The van der Waals surface area contributed by atoms with Crippen molar-refractivity contribution in [3.05, 3.63) is 58.7 Å². The summed E-state index contributed by atoms with van der Waals surface area (Å²) in [6, 6.07) is 13.2. The SMILES string of the molecule is CC.CC.CCCCCCc1ccc(OCCCCOc2ccc(C(C)(C)C)cc2C)c(C)c1. The van der Waals surface area contributed by atoms with Gasteiger partial charge in [-0.25, -0.2) is 0 Å². The van der Waals surface area contributed by atoms with Crippen molar-refractivity contribution in [2.75, 3.05) is 13.2 Å². The van der Waals surface area contributed by atoms with Gasteiger partial charge in [0.2, 0.25) is 0 Å². The minimum absolute atomic E-state index is 0.173. The monoisotopic (exact) mass is 470 g/mol. The van der Waals surface area contributed by atoms with Gasteiger partial charge in [0, 0.05) is 0 Å². The highest BCUT2D eigenvalue weighted by molar-refractivity contribution is 5.39. The second-order valence-corrected chi connectivity index (χ2v) is 9.54. The smallest absolute Gasteiger partial charge is 0.122 e. The first kappa shape index (κ1) is 32.0. The lowest BCUT2D eigenvalue weighted by molar-refractivity contribution is 0.264. The van der Waals surface area contributed by atoms with Crippen molar-refractivity contribution in [1.29, 1.82) is 0 Å². The predicted molar refractivity (Wildman–Crippen MR) is 152 cm³/mol. The van der Waals surface area contributed by atoms with Gasteiger partial charge in [-0.1, -0.05) is 98.9 Å². The average molecular weight is 471 g/mol. The van der Waals surface area contributed by atoms with Gasteiger partial charge in [-0.15, -0.1) is 0 Å². The maximum absolute atomic E-state index is 6.01. The van der Waals surface area contributed by atoms with Crippen LogP contribution in [0.4, 0.5) is 0 Å². The fourth-order valence-corrected chi connectivity index (χ4v) is 3.63. The number of hydrogen-bond donors (Lipinski definition) is 0. The Morgan fingerprint density at radius 2 is 1.18 bits per heavy atom. The first-order valence-corrected chi connectivity index (χ1v) is 13.8. The Bertz CT molecular complexity index is 771. The van der Waals surface area contributed by atoms with Crippen LogP contribution in [0.1, 0.15) is 116 Å². The summed E-state index contributed by atoms with van der Waals surface area (Å²) in [6.07, 6.45) is 8.41. The molecule has 0 aliphatic heterocycles. The lowest BCUT2D eigenvalue weighted by atomic mass is 9.86. The maximum Gasteiger partial charge on any atom is 0.122 e. The van der Waals surface area contributed by atoms with E-state index in [2.05, 4.69) is 77.9 Å².